The first-order valence-electron chi connectivity index (χ1n) is 13.3. The van der Waals surface area contributed by atoms with Crippen molar-refractivity contribution in [3.8, 4) is 0 Å². The first-order chi connectivity index (χ1) is 17.6. The van der Waals surface area contributed by atoms with Gasteiger partial charge in [0.1, 0.15) is 0 Å². The van der Waals surface area contributed by atoms with Crippen molar-refractivity contribution < 1.29 is 4.79 Å². The molecule has 1 aliphatic carbocycles. The molecule has 188 valence electrons. The molecule has 0 radical (unpaired) electrons. The second-order valence-electron chi connectivity index (χ2n) is 10.2. The van der Waals surface area contributed by atoms with Crippen molar-refractivity contribution in [2.24, 2.45) is 0 Å². The average Bonchev–Trinajstić information content (AvgIpc) is 2.91. The largest absolute Gasteiger partial charge is 0.348 e. The topological polar surface area (TPSA) is 70.2 Å². The lowest BCUT2D eigenvalue weighted by Crippen LogP contribution is -2.45. The Kier molecular flexibility index (Phi) is 7.73. The molecule has 2 N–H and O–H groups in total. The predicted octanol–water partition coefficient (Wildman–Crippen LogP) is 4.66. The van der Waals surface area contributed by atoms with Crippen LogP contribution < -0.4 is 10.6 Å². The smallest absolute Gasteiger partial charge is 0.253 e. The summed E-state index contributed by atoms with van der Waals surface area (Å²) in [5.74, 6) is -0.0669. The lowest BCUT2D eigenvalue weighted by molar-refractivity contribution is 0.0861. The Morgan fingerprint density at radius 2 is 1.78 bits per heavy atom. The van der Waals surface area contributed by atoms with Gasteiger partial charge >= 0.3 is 0 Å². The van der Waals surface area contributed by atoms with E-state index in [4.69, 9.17) is 4.98 Å². The molecule has 1 unspecified atom stereocenters. The molecule has 3 aromatic rings. The Bertz CT molecular complexity index is 1170. The van der Waals surface area contributed by atoms with Crippen molar-refractivity contribution >= 4 is 5.91 Å². The molecule has 6 heteroatoms. The molecule has 2 aliphatic rings. The van der Waals surface area contributed by atoms with E-state index in [2.05, 4.69) is 56.9 Å². The van der Waals surface area contributed by atoms with E-state index in [1.54, 1.807) is 6.20 Å². The molecular weight excluding hydrogens is 446 g/mol. The maximum Gasteiger partial charge on any atom is 0.253 e. The van der Waals surface area contributed by atoms with Crippen LogP contribution in [0, 0.1) is 13.8 Å². The number of aryl methyl sites for hydroxylation is 3. The van der Waals surface area contributed by atoms with Crippen LogP contribution in [0.15, 0.2) is 54.9 Å². The number of benzene rings is 1. The van der Waals surface area contributed by atoms with Crippen LogP contribution in [0.3, 0.4) is 0 Å². The molecule has 2 aromatic heterocycles. The van der Waals surface area contributed by atoms with Gasteiger partial charge in [-0.2, -0.15) is 0 Å². The van der Waals surface area contributed by atoms with Crippen molar-refractivity contribution in [3.05, 3.63) is 94.1 Å². The van der Waals surface area contributed by atoms with E-state index in [9.17, 15) is 4.79 Å². The lowest BCUT2D eigenvalue weighted by atomic mass is 9.88. The number of aromatic nitrogens is 2. The Morgan fingerprint density at radius 1 is 1.00 bits per heavy atom. The van der Waals surface area contributed by atoms with E-state index in [0.29, 0.717) is 24.2 Å². The van der Waals surface area contributed by atoms with Crippen molar-refractivity contribution in [2.75, 3.05) is 13.1 Å². The molecule has 0 bridgehead atoms. The van der Waals surface area contributed by atoms with E-state index in [1.807, 2.05) is 26.1 Å². The zero-order chi connectivity index (χ0) is 24.9. The molecule has 1 saturated heterocycles. The maximum atomic E-state index is 12.8. The molecule has 0 spiro atoms. The van der Waals surface area contributed by atoms with Crippen molar-refractivity contribution in [1.82, 2.24) is 25.5 Å². The predicted molar refractivity (Wildman–Crippen MR) is 143 cm³/mol. The summed E-state index contributed by atoms with van der Waals surface area (Å²) in [6.07, 6.45) is 9.58. The summed E-state index contributed by atoms with van der Waals surface area (Å²) < 4.78 is 0. The number of hydrogen-bond donors (Lipinski definition) is 2. The highest BCUT2D eigenvalue weighted by molar-refractivity contribution is 5.96. The molecule has 6 nitrogen and oxygen atoms in total. The van der Waals surface area contributed by atoms with Gasteiger partial charge in [0, 0.05) is 31.5 Å². The lowest BCUT2D eigenvalue weighted by Gasteiger charge is -2.42. The number of amides is 1. The van der Waals surface area contributed by atoms with Crippen LogP contribution in [0.1, 0.15) is 75.7 Å². The van der Waals surface area contributed by atoms with Gasteiger partial charge in [-0.1, -0.05) is 30.3 Å². The van der Waals surface area contributed by atoms with Crippen LogP contribution in [0.4, 0.5) is 0 Å². The Labute approximate surface area is 214 Å². The monoisotopic (exact) mass is 483 g/mol. The summed E-state index contributed by atoms with van der Waals surface area (Å²) in [4.78, 5) is 24.6. The third-order valence-electron chi connectivity index (χ3n) is 7.76. The fourth-order valence-electron chi connectivity index (χ4n) is 5.82. The van der Waals surface area contributed by atoms with Crippen LogP contribution in [-0.2, 0) is 19.5 Å². The number of rotatable bonds is 7. The van der Waals surface area contributed by atoms with E-state index < -0.39 is 0 Å². The maximum absolute atomic E-state index is 12.8. The van der Waals surface area contributed by atoms with Crippen LogP contribution in [0.25, 0.3) is 0 Å². The molecule has 1 amide bonds. The van der Waals surface area contributed by atoms with Crippen LogP contribution in [0.2, 0.25) is 0 Å². The van der Waals surface area contributed by atoms with Gasteiger partial charge in [0.25, 0.3) is 5.91 Å². The van der Waals surface area contributed by atoms with Gasteiger partial charge in [0.2, 0.25) is 0 Å². The third-order valence-corrected chi connectivity index (χ3v) is 7.76. The van der Waals surface area contributed by atoms with Gasteiger partial charge in [0.15, 0.2) is 0 Å². The highest BCUT2D eigenvalue weighted by atomic mass is 16.1. The number of fused-ring (bicyclic) bond motifs is 1. The first-order valence-corrected chi connectivity index (χ1v) is 13.3. The van der Waals surface area contributed by atoms with E-state index in [1.165, 1.54) is 42.5 Å². The second-order valence-corrected chi connectivity index (χ2v) is 10.2. The van der Waals surface area contributed by atoms with Gasteiger partial charge < -0.3 is 10.6 Å². The molecule has 0 saturated carbocycles. The number of nitrogens with one attached hydrogen (secondary N) is 2. The molecule has 1 atom stereocenters. The summed E-state index contributed by atoms with van der Waals surface area (Å²) >= 11 is 0. The minimum absolute atomic E-state index is 0.0669. The number of piperidine rings is 1. The Balaban J connectivity index is 1.29. The minimum atomic E-state index is -0.0669. The van der Waals surface area contributed by atoms with E-state index in [0.717, 1.165) is 42.9 Å². The molecule has 3 heterocycles. The van der Waals surface area contributed by atoms with Crippen molar-refractivity contribution in [1.29, 1.82) is 0 Å². The fraction of sp³-hybridized carbons (Fsp3) is 0.433. The van der Waals surface area contributed by atoms with Crippen molar-refractivity contribution in [3.63, 3.8) is 0 Å². The molecule has 1 aliphatic heterocycles. The summed E-state index contributed by atoms with van der Waals surface area (Å²) in [6.45, 7) is 7.42. The highest BCUT2D eigenvalue weighted by Crippen LogP contribution is 2.36. The molecular formula is C30H37N5O. The van der Waals surface area contributed by atoms with Gasteiger partial charge in [0.05, 0.1) is 23.0 Å². The molecule has 1 fully saturated rings. The Morgan fingerprint density at radius 3 is 2.56 bits per heavy atom. The van der Waals surface area contributed by atoms with Gasteiger partial charge in [-0.05, 0) is 93.4 Å². The average molecular weight is 484 g/mol. The van der Waals surface area contributed by atoms with E-state index >= 15 is 0 Å². The van der Waals surface area contributed by atoms with Gasteiger partial charge in [-0.3, -0.25) is 19.7 Å². The van der Waals surface area contributed by atoms with Gasteiger partial charge in [-0.25, -0.2) is 0 Å². The number of carbonyl (C=O) groups excluding carboxylic acids is 1. The summed E-state index contributed by atoms with van der Waals surface area (Å²) in [5.41, 5.74) is 7.50. The number of hydrogen-bond acceptors (Lipinski definition) is 5. The minimum Gasteiger partial charge on any atom is -0.348 e. The molecule has 1 aromatic carbocycles. The van der Waals surface area contributed by atoms with Crippen LogP contribution >= 0.6 is 0 Å². The zero-order valence-corrected chi connectivity index (χ0v) is 21.5. The normalized spacial score (nSPS) is 18.1. The molecule has 36 heavy (non-hydrogen) atoms. The zero-order valence-electron chi connectivity index (χ0n) is 21.5. The van der Waals surface area contributed by atoms with Crippen molar-refractivity contribution in [2.45, 2.75) is 71.1 Å². The highest BCUT2D eigenvalue weighted by Gasteiger charge is 2.32. The number of pyridine rings is 2. The number of carbonyl (C=O) groups is 1. The number of nitrogens with zero attached hydrogens (tertiary/aromatic N) is 3. The Hall–Kier alpha value is -3.09. The van der Waals surface area contributed by atoms with Gasteiger partial charge in [-0.15, -0.1) is 0 Å². The second kappa shape index (κ2) is 11.3. The molecule has 5 rings (SSSR count). The van der Waals surface area contributed by atoms with E-state index in [-0.39, 0.29) is 5.91 Å². The summed E-state index contributed by atoms with van der Waals surface area (Å²) in [6, 6.07) is 15.9. The standard InChI is InChI=1S/C30H37N5O/c1-21-12-18-32-22(2)28(21)30(36)34-19-23-8-10-24(11-9-23)20-35(26-13-16-31-17-14-26)27-7-3-5-25-6-4-15-33-29(25)27/h4,6,8-12,15,18,26-27,31H,3,5,7,13-14,16-17,19-20H2,1-2H3,(H,34,36). The fourth-order valence-corrected chi connectivity index (χ4v) is 5.82. The summed E-state index contributed by atoms with van der Waals surface area (Å²) in [5, 5.41) is 6.59. The first kappa shape index (κ1) is 24.6. The SMILES string of the molecule is Cc1ccnc(C)c1C(=O)NCc1ccc(CN(C2CCNCC2)C2CCCc3cccnc32)cc1. The third kappa shape index (κ3) is 5.50. The quantitative estimate of drug-likeness (QED) is 0.512. The summed E-state index contributed by atoms with van der Waals surface area (Å²) in [7, 11) is 0. The van der Waals surface area contributed by atoms with Crippen LogP contribution in [0.5, 0.6) is 0 Å². The van der Waals surface area contributed by atoms with Crippen LogP contribution in [-0.4, -0.2) is 39.9 Å².